The van der Waals surface area contributed by atoms with Crippen LogP contribution in [0.2, 0.25) is 0 Å². The summed E-state index contributed by atoms with van der Waals surface area (Å²) in [6.45, 7) is 2.06. The quantitative estimate of drug-likeness (QED) is 0.461. The van der Waals surface area contributed by atoms with Crippen molar-refractivity contribution in [1.29, 1.82) is 0 Å². The first-order valence-corrected chi connectivity index (χ1v) is 4.30. The first-order valence-electron chi connectivity index (χ1n) is 4.30. The van der Waals surface area contributed by atoms with Gasteiger partial charge in [0.05, 0.1) is 5.41 Å². The SMILES string of the molecule is C#CCOC(=O)C1(C)CCCC1. The van der Waals surface area contributed by atoms with E-state index in [2.05, 4.69) is 5.92 Å². The van der Waals surface area contributed by atoms with Crippen molar-refractivity contribution in [2.24, 2.45) is 5.41 Å². The van der Waals surface area contributed by atoms with E-state index in [0.29, 0.717) is 0 Å². The van der Waals surface area contributed by atoms with Crippen LogP contribution in [0.15, 0.2) is 0 Å². The maximum Gasteiger partial charge on any atom is 0.312 e. The van der Waals surface area contributed by atoms with Gasteiger partial charge in [-0.25, -0.2) is 0 Å². The average Bonchev–Trinajstić information content (AvgIpc) is 2.49. The fraction of sp³-hybridized carbons (Fsp3) is 0.700. The zero-order chi connectivity index (χ0) is 9.03. The van der Waals surface area contributed by atoms with E-state index in [9.17, 15) is 4.79 Å². The molecule has 2 nitrogen and oxygen atoms in total. The fourth-order valence-corrected chi connectivity index (χ4v) is 1.64. The summed E-state index contributed by atoms with van der Waals surface area (Å²) in [4.78, 5) is 11.4. The van der Waals surface area contributed by atoms with E-state index in [1.54, 1.807) is 0 Å². The highest BCUT2D eigenvalue weighted by atomic mass is 16.5. The number of ether oxygens (including phenoxy) is 1. The third-order valence-corrected chi connectivity index (χ3v) is 2.49. The van der Waals surface area contributed by atoms with Crippen LogP contribution in [0.25, 0.3) is 0 Å². The third kappa shape index (κ3) is 1.79. The van der Waals surface area contributed by atoms with Crippen LogP contribution in [0.5, 0.6) is 0 Å². The van der Waals surface area contributed by atoms with Gasteiger partial charge >= 0.3 is 5.97 Å². The Morgan fingerprint density at radius 3 is 2.67 bits per heavy atom. The number of hydrogen-bond acceptors (Lipinski definition) is 2. The standard InChI is InChI=1S/C10H14O2/c1-3-8-12-9(11)10(2)6-4-5-7-10/h1H,4-8H2,2H3. The Morgan fingerprint density at radius 2 is 2.17 bits per heavy atom. The second-order valence-electron chi connectivity index (χ2n) is 3.55. The molecule has 1 aliphatic rings. The molecule has 0 aromatic carbocycles. The minimum absolute atomic E-state index is 0.106. The van der Waals surface area contributed by atoms with Crippen LogP contribution in [0.1, 0.15) is 32.6 Å². The highest BCUT2D eigenvalue weighted by molar-refractivity contribution is 5.76. The normalized spacial score (nSPS) is 20.0. The Hall–Kier alpha value is -0.970. The molecule has 0 saturated heterocycles. The molecule has 0 aromatic heterocycles. The first-order chi connectivity index (χ1) is 5.69. The van der Waals surface area contributed by atoms with Crippen molar-refractivity contribution in [3.63, 3.8) is 0 Å². The molecular weight excluding hydrogens is 152 g/mol. The molecule has 0 aliphatic heterocycles. The van der Waals surface area contributed by atoms with Crippen LogP contribution >= 0.6 is 0 Å². The summed E-state index contributed by atoms with van der Waals surface area (Å²) in [7, 11) is 0. The topological polar surface area (TPSA) is 26.3 Å². The molecule has 0 N–H and O–H groups in total. The summed E-state index contributed by atoms with van der Waals surface area (Å²) in [6, 6.07) is 0. The zero-order valence-corrected chi connectivity index (χ0v) is 7.43. The van der Waals surface area contributed by atoms with E-state index >= 15 is 0 Å². The van der Waals surface area contributed by atoms with Gasteiger partial charge in [-0.15, -0.1) is 6.42 Å². The van der Waals surface area contributed by atoms with Crippen molar-refractivity contribution < 1.29 is 9.53 Å². The summed E-state index contributed by atoms with van der Waals surface area (Å²) in [6.07, 6.45) is 9.13. The molecule has 0 radical (unpaired) electrons. The Labute approximate surface area is 73.3 Å². The molecule has 0 heterocycles. The summed E-state index contributed by atoms with van der Waals surface area (Å²) in [5.74, 6) is 2.17. The van der Waals surface area contributed by atoms with E-state index in [1.165, 1.54) is 0 Å². The van der Waals surface area contributed by atoms with E-state index < -0.39 is 0 Å². The number of terminal acetylenes is 1. The van der Waals surface area contributed by atoms with Crippen molar-refractivity contribution in [3.8, 4) is 12.3 Å². The summed E-state index contributed by atoms with van der Waals surface area (Å²) in [5, 5.41) is 0. The molecule has 0 bridgehead atoms. The Bertz CT molecular complexity index is 206. The molecule has 1 fully saturated rings. The molecule has 1 saturated carbocycles. The molecule has 1 rings (SSSR count). The van der Waals surface area contributed by atoms with E-state index in [-0.39, 0.29) is 18.0 Å². The van der Waals surface area contributed by atoms with E-state index in [0.717, 1.165) is 25.7 Å². The molecule has 0 spiro atoms. The molecule has 12 heavy (non-hydrogen) atoms. The molecule has 0 aromatic rings. The molecule has 0 atom stereocenters. The van der Waals surface area contributed by atoms with E-state index in [4.69, 9.17) is 11.2 Å². The Morgan fingerprint density at radius 1 is 1.58 bits per heavy atom. The predicted octanol–water partition coefficient (Wildman–Crippen LogP) is 1.74. The van der Waals surface area contributed by atoms with Crippen LogP contribution < -0.4 is 0 Å². The smallest absolute Gasteiger partial charge is 0.312 e. The lowest BCUT2D eigenvalue weighted by Crippen LogP contribution is -2.26. The fourth-order valence-electron chi connectivity index (χ4n) is 1.64. The number of carbonyl (C=O) groups excluding carboxylic acids is 1. The molecule has 0 amide bonds. The van der Waals surface area contributed by atoms with Gasteiger partial charge in [0.25, 0.3) is 0 Å². The van der Waals surface area contributed by atoms with Crippen LogP contribution in [0.3, 0.4) is 0 Å². The number of rotatable bonds is 2. The monoisotopic (exact) mass is 166 g/mol. The largest absolute Gasteiger partial charge is 0.452 e. The van der Waals surface area contributed by atoms with Crippen LogP contribution in [-0.4, -0.2) is 12.6 Å². The summed E-state index contributed by atoms with van der Waals surface area (Å²) in [5.41, 5.74) is -0.253. The zero-order valence-electron chi connectivity index (χ0n) is 7.43. The van der Waals surface area contributed by atoms with Crippen molar-refractivity contribution in [1.82, 2.24) is 0 Å². The van der Waals surface area contributed by atoms with Crippen LogP contribution in [-0.2, 0) is 9.53 Å². The van der Waals surface area contributed by atoms with Crippen molar-refractivity contribution in [2.75, 3.05) is 6.61 Å². The maximum atomic E-state index is 11.4. The third-order valence-electron chi connectivity index (χ3n) is 2.49. The minimum atomic E-state index is -0.253. The Kier molecular flexibility index (Phi) is 2.75. The van der Waals surface area contributed by atoms with Crippen LogP contribution in [0.4, 0.5) is 0 Å². The van der Waals surface area contributed by atoms with Gasteiger partial charge in [0.15, 0.2) is 6.61 Å². The predicted molar refractivity (Wildman–Crippen MR) is 46.4 cm³/mol. The lowest BCUT2D eigenvalue weighted by molar-refractivity contribution is -0.153. The number of hydrogen-bond donors (Lipinski definition) is 0. The number of carbonyl (C=O) groups is 1. The average molecular weight is 166 g/mol. The molecular formula is C10H14O2. The Balaban J connectivity index is 2.45. The van der Waals surface area contributed by atoms with Gasteiger partial charge in [0.1, 0.15) is 0 Å². The highest BCUT2D eigenvalue weighted by Gasteiger charge is 2.37. The van der Waals surface area contributed by atoms with Gasteiger partial charge < -0.3 is 4.74 Å². The first kappa shape index (κ1) is 9.12. The van der Waals surface area contributed by atoms with Crippen molar-refractivity contribution in [2.45, 2.75) is 32.6 Å². The van der Waals surface area contributed by atoms with Gasteiger partial charge in [-0.1, -0.05) is 18.8 Å². The second-order valence-corrected chi connectivity index (χ2v) is 3.55. The second kappa shape index (κ2) is 3.62. The molecule has 2 heteroatoms. The molecule has 0 unspecified atom stereocenters. The summed E-state index contributed by atoms with van der Waals surface area (Å²) >= 11 is 0. The van der Waals surface area contributed by atoms with Gasteiger partial charge in [0.2, 0.25) is 0 Å². The van der Waals surface area contributed by atoms with Crippen molar-refractivity contribution >= 4 is 5.97 Å². The van der Waals surface area contributed by atoms with E-state index in [1.807, 2.05) is 6.92 Å². The van der Waals surface area contributed by atoms with Gasteiger partial charge in [-0.2, -0.15) is 0 Å². The van der Waals surface area contributed by atoms with Crippen LogP contribution in [0, 0.1) is 17.8 Å². The minimum Gasteiger partial charge on any atom is -0.452 e. The summed E-state index contributed by atoms with van der Waals surface area (Å²) < 4.78 is 4.90. The van der Waals surface area contributed by atoms with Gasteiger partial charge in [-0.05, 0) is 19.8 Å². The van der Waals surface area contributed by atoms with Crippen molar-refractivity contribution in [3.05, 3.63) is 0 Å². The lowest BCUT2D eigenvalue weighted by Gasteiger charge is -2.19. The molecule has 66 valence electrons. The highest BCUT2D eigenvalue weighted by Crippen LogP contribution is 2.38. The molecule has 1 aliphatic carbocycles. The van der Waals surface area contributed by atoms with Gasteiger partial charge in [-0.3, -0.25) is 4.79 Å². The maximum absolute atomic E-state index is 11.4. The van der Waals surface area contributed by atoms with Gasteiger partial charge in [0, 0.05) is 0 Å². The number of esters is 1. The lowest BCUT2D eigenvalue weighted by atomic mass is 9.89.